The number of hydrogen-bond donors (Lipinski definition) is 3. The quantitative estimate of drug-likeness (QED) is 0.325. The fourth-order valence-corrected chi connectivity index (χ4v) is 3.72. The summed E-state index contributed by atoms with van der Waals surface area (Å²) in [7, 11) is 0. The molecule has 0 aliphatic carbocycles. The number of benzene rings is 3. The highest BCUT2D eigenvalue weighted by Crippen LogP contribution is 2.20. The maximum absolute atomic E-state index is 12.7. The summed E-state index contributed by atoms with van der Waals surface area (Å²) >= 11 is 5.93. The summed E-state index contributed by atoms with van der Waals surface area (Å²) in [4.78, 5) is 29.8. The number of nitrogens with zero attached hydrogens (tertiary/aromatic N) is 3. The first-order valence-corrected chi connectivity index (χ1v) is 10.8. The third-order valence-corrected chi connectivity index (χ3v) is 5.47. The largest absolute Gasteiger partial charge is 0.486 e. The number of imidazole rings is 1. The van der Waals surface area contributed by atoms with Crippen molar-refractivity contribution in [2.45, 2.75) is 13.2 Å². The zero-order chi connectivity index (χ0) is 23.5. The van der Waals surface area contributed by atoms with E-state index >= 15 is 0 Å². The molecule has 5 rings (SSSR count). The molecule has 2 aromatic heterocycles. The normalized spacial score (nSPS) is 11.0. The van der Waals surface area contributed by atoms with E-state index in [0.29, 0.717) is 22.0 Å². The van der Waals surface area contributed by atoms with Crippen LogP contribution < -0.4 is 15.6 Å². The molecule has 2 heterocycles. The maximum atomic E-state index is 12.7. The Bertz CT molecular complexity index is 1490. The molecule has 0 aliphatic rings. The van der Waals surface area contributed by atoms with Gasteiger partial charge in [0, 0.05) is 10.4 Å². The minimum absolute atomic E-state index is 0.0680. The van der Waals surface area contributed by atoms with E-state index in [-0.39, 0.29) is 18.8 Å². The van der Waals surface area contributed by atoms with Crippen molar-refractivity contribution in [2.75, 3.05) is 0 Å². The number of hydrogen-bond acceptors (Lipinski definition) is 5. The highest BCUT2D eigenvalue weighted by molar-refractivity contribution is 6.30. The van der Waals surface area contributed by atoms with Crippen LogP contribution >= 0.6 is 11.6 Å². The smallest absolute Gasteiger partial charge is 0.290 e. The van der Waals surface area contributed by atoms with Crippen LogP contribution in [0.3, 0.4) is 0 Å². The Morgan fingerprint density at radius 3 is 2.59 bits per heavy atom. The number of hydrazine groups is 1. The Kier molecular flexibility index (Phi) is 5.84. The van der Waals surface area contributed by atoms with E-state index in [1.807, 2.05) is 42.5 Å². The van der Waals surface area contributed by atoms with Gasteiger partial charge in [-0.2, -0.15) is 5.10 Å². The lowest BCUT2D eigenvalue weighted by atomic mass is 10.2. The zero-order valence-electron chi connectivity index (χ0n) is 17.8. The van der Waals surface area contributed by atoms with Gasteiger partial charge in [-0.3, -0.25) is 25.5 Å². The topological polar surface area (TPSA) is 114 Å². The molecule has 0 saturated carbocycles. The van der Waals surface area contributed by atoms with E-state index in [9.17, 15) is 9.59 Å². The molecule has 170 valence electrons. The van der Waals surface area contributed by atoms with Crippen molar-refractivity contribution in [3.05, 3.63) is 89.3 Å². The molecule has 0 bridgehead atoms. The minimum Gasteiger partial charge on any atom is -0.486 e. The van der Waals surface area contributed by atoms with Crippen molar-refractivity contribution < 1.29 is 14.3 Å². The van der Waals surface area contributed by atoms with Crippen molar-refractivity contribution in [3.8, 4) is 5.75 Å². The van der Waals surface area contributed by atoms with Crippen LogP contribution in [0, 0.1) is 0 Å². The Labute approximate surface area is 198 Å². The van der Waals surface area contributed by atoms with E-state index in [2.05, 4.69) is 26.0 Å². The van der Waals surface area contributed by atoms with Gasteiger partial charge in [-0.25, -0.2) is 4.98 Å². The number of rotatable bonds is 6. The molecule has 34 heavy (non-hydrogen) atoms. The van der Waals surface area contributed by atoms with Crippen LogP contribution in [0.2, 0.25) is 5.02 Å². The molecule has 0 fully saturated rings. The van der Waals surface area contributed by atoms with Crippen LogP contribution in [0.5, 0.6) is 5.75 Å². The van der Waals surface area contributed by atoms with E-state index in [1.54, 1.807) is 34.9 Å². The van der Waals surface area contributed by atoms with Gasteiger partial charge in [0.25, 0.3) is 11.8 Å². The summed E-state index contributed by atoms with van der Waals surface area (Å²) in [5, 5.41) is 8.10. The van der Waals surface area contributed by atoms with Crippen LogP contribution in [0.15, 0.2) is 72.8 Å². The maximum Gasteiger partial charge on any atom is 0.290 e. The number of H-pyrrole nitrogens is 1. The summed E-state index contributed by atoms with van der Waals surface area (Å²) in [6, 6.07) is 21.7. The predicted molar refractivity (Wildman–Crippen MR) is 127 cm³/mol. The number of aromatic amines is 1. The van der Waals surface area contributed by atoms with Crippen LogP contribution in [0.25, 0.3) is 21.9 Å². The highest BCUT2D eigenvalue weighted by Gasteiger charge is 2.17. The molecule has 3 aromatic carbocycles. The number of amides is 2. The van der Waals surface area contributed by atoms with Crippen LogP contribution in [0.1, 0.15) is 16.3 Å². The molecule has 0 saturated heterocycles. The molecule has 3 N–H and O–H groups in total. The summed E-state index contributed by atoms with van der Waals surface area (Å²) in [6.45, 7) is 0.0800. The lowest BCUT2D eigenvalue weighted by molar-refractivity contribution is -0.122. The first-order chi connectivity index (χ1) is 16.6. The Morgan fingerprint density at radius 2 is 1.74 bits per heavy atom. The van der Waals surface area contributed by atoms with E-state index in [4.69, 9.17) is 16.3 Å². The highest BCUT2D eigenvalue weighted by atomic mass is 35.5. The van der Waals surface area contributed by atoms with Crippen molar-refractivity contribution >= 4 is 45.4 Å². The monoisotopic (exact) mass is 474 g/mol. The number of ether oxygens (including phenoxy) is 1. The summed E-state index contributed by atoms with van der Waals surface area (Å²) < 4.78 is 7.58. The molecule has 0 radical (unpaired) electrons. The lowest BCUT2D eigenvalue weighted by Crippen LogP contribution is -2.43. The van der Waals surface area contributed by atoms with Crippen LogP contribution in [-0.4, -0.2) is 31.6 Å². The van der Waals surface area contributed by atoms with Gasteiger partial charge in [0.1, 0.15) is 24.7 Å². The molecule has 5 aromatic rings. The Morgan fingerprint density at radius 1 is 0.971 bits per heavy atom. The van der Waals surface area contributed by atoms with Crippen LogP contribution in [0.4, 0.5) is 0 Å². The van der Waals surface area contributed by atoms with Gasteiger partial charge in [-0.15, -0.1) is 0 Å². The fraction of sp³-hybridized carbons (Fsp3) is 0.0833. The third kappa shape index (κ3) is 4.41. The molecular weight excluding hydrogens is 456 g/mol. The Balaban J connectivity index is 1.29. The number of carbonyl (C=O) groups is 2. The Hall–Kier alpha value is -4.37. The van der Waals surface area contributed by atoms with Gasteiger partial charge in [0.15, 0.2) is 5.69 Å². The van der Waals surface area contributed by atoms with E-state index in [0.717, 1.165) is 16.6 Å². The van der Waals surface area contributed by atoms with Gasteiger partial charge in [-0.05, 0) is 42.5 Å². The SMILES string of the molecule is O=C(Cn1c(COc2ccc(Cl)cc2)nc2ccccc21)NNC(=O)c1n[nH]c2ccccc12. The van der Waals surface area contributed by atoms with Gasteiger partial charge in [-0.1, -0.05) is 41.9 Å². The van der Waals surface area contributed by atoms with Gasteiger partial charge >= 0.3 is 0 Å². The summed E-state index contributed by atoms with van der Waals surface area (Å²) in [5.41, 5.74) is 7.31. The molecule has 2 amide bonds. The van der Waals surface area contributed by atoms with Gasteiger partial charge < -0.3 is 9.30 Å². The van der Waals surface area contributed by atoms with Crippen LogP contribution in [-0.2, 0) is 17.9 Å². The molecule has 10 heteroatoms. The summed E-state index contributed by atoms with van der Waals surface area (Å²) in [5.74, 6) is 0.249. The average molecular weight is 475 g/mol. The second-order valence-electron chi connectivity index (χ2n) is 7.47. The number of para-hydroxylation sites is 3. The lowest BCUT2D eigenvalue weighted by Gasteiger charge is -2.11. The molecule has 0 spiro atoms. The zero-order valence-corrected chi connectivity index (χ0v) is 18.5. The first-order valence-electron chi connectivity index (χ1n) is 10.4. The molecule has 0 unspecified atom stereocenters. The predicted octanol–water partition coefficient (Wildman–Crippen LogP) is 3.61. The average Bonchev–Trinajstić information content (AvgIpc) is 3.44. The number of fused-ring (bicyclic) bond motifs is 2. The fourth-order valence-electron chi connectivity index (χ4n) is 3.60. The molecule has 0 aliphatic heterocycles. The van der Waals surface area contributed by atoms with Crippen molar-refractivity contribution in [3.63, 3.8) is 0 Å². The van der Waals surface area contributed by atoms with Gasteiger partial charge in [0.2, 0.25) is 0 Å². The second-order valence-corrected chi connectivity index (χ2v) is 7.90. The van der Waals surface area contributed by atoms with Crippen molar-refractivity contribution in [2.24, 2.45) is 0 Å². The first kappa shape index (κ1) is 21.5. The van der Waals surface area contributed by atoms with E-state index < -0.39 is 11.8 Å². The summed E-state index contributed by atoms with van der Waals surface area (Å²) in [6.07, 6.45) is 0. The number of carbonyl (C=O) groups excluding carboxylic acids is 2. The molecular formula is C24H19ClN6O3. The number of halogens is 1. The number of aromatic nitrogens is 4. The third-order valence-electron chi connectivity index (χ3n) is 5.22. The van der Waals surface area contributed by atoms with Gasteiger partial charge in [0.05, 0.1) is 16.6 Å². The molecule has 0 atom stereocenters. The minimum atomic E-state index is -0.521. The molecule has 9 nitrogen and oxygen atoms in total. The standard InChI is InChI=1S/C24H19ClN6O3/c25-15-9-11-16(12-10-15)34-14-21-26-19-7-3-4-8-20(19)31(21)13-22(32)28-30-24(33)23-17-5-1-2-6-18(17)27-29-23/h1-12H,13-14H2,(H,27,29)(H,28,32)(H,30,33). The second kappa shape index (κ2) is 9.24. The van der Waals surface area contributed by atoms with E-state index in [1.165, 1.54) is 0 Å². The number of nitrogens with one attached hydrogen (secondary N) is 3. The van der Waals surface area contributed by atoms with Crippen molar-refractivity contribution in [1.29, 1.82) is 0 Å². The van der Waals surface area contributed by atoms with Crippen molar-refractivity contribution in [1.82, 2.24) is 30.6 Å².